The number of nitrogens with zero attached hydrogens (tertiary/aromatic N) is 4. The molecule has 1 aromatic rings. The van der Waals surface area contributed by atoms with E-state index in [2.05, 4.69) is 17.6 Å². The van der Waals surface area contributed by atoms with Crippen molar-refractivity contribution < 1.29 is 4.79 Å². The number of nitrogens with one attached hydrogen (secondary N) is 1. The number of rotatable bonds is 5. The third kappa shape index (κ3) is 3.97. The lowest BCUT2D eigenvalue weighted by atomic mass is 9.97. The number of hydrazine groups is 1. The van der Waals surface area contributed by atoms with Gasteiger partial charge in [-0.15, -0.1) is 0 Å². The number of nitriles is 2. The van der Waals surface area contributed by atoms with Gasteiger partial charge in [-0.3, -0.25) is 4.79 Å². The third-order valence-electron chi connectivity index (χ3n) is 4.44. The normalized spacial score (nSPS) is 16.7. The molecule has 24 heavy (non-hydrogen) atoms. The van der Waals surface area contributed by atoms with E-state index in [1.807, 2.05) is 19.9 Å². The van der Waals surface area contributed by atoms with Gasteiger partial charge in [0.05, 0.1) is 18.2 Å². The summed E-state index contributed by atoms with van der Waals surface area (Å²) in [5, 5.41) is 24.6. The van der Waals surface area contributed by atoms with Crippen molar-refractivity contribution in [1.82, 2.24) is 10.0 Å². The third-order valence-corrected chi connectivity index (χ3v) is 4.44. The van der Waals surface area contributed by atoms with Crippen LogP contribution < -0.4 is 5.32 Å². The summed E-state index contributed by atoms with van der Waals surface area (Å²) in [6.07, 6.45) is 4.75. The highest BCUT2D eigenvalue weighted by Crippen LogP contribution is 2.21. The van der Waals surface area contributed by atoms with Crippen LogP contribution in [-0.2, 0) is 4.79 Å². The highest BCUT2D eigenvalue weighted by atomic mass is 16.2. The van der Waals surface area contributed by atoms with Crippen LogP contribution in [0, 0.1) is 28.7 Å². The zero-order chi connectivity index (χ0) is 17.5. The van der Waals surface area contributed by atoms with Gasteiger partial charge in [-0.1, -0.05) is 26.3 Å². The molecule has 0 aromatic heterocycles. The van der Waals surface area contributed by atoms with Gasteiger partial charge in [0, 0.05) is 12.2 Å². The second kappa shape index (κ2) is 8.21. The molecule has 0 bridgehead atoms. The van der Waals surface area contributed by atoms with Gasteiger partial charge >= 0.3 is 0 Å². The van der Waals surface area contributed by atoms with Crippen LogP contribution in [0.4, 0.5) is 5.69 Å². The maximum Gasteiger partial charge on any atom is 0.264 e. The Morgan fingerprint density at radius 1 is 1.33 bits per heavy atom. The van der Waals surface area contributed by atoms with Crippen LogP contribution in [0.2, 0.25) is 0 Å². The molecule has 0 saturated carbocycles. The van der Waals surface area contributed by atoms with Gasteiger partial charge in [0.1, 0.15) is 6.04 Å². The monoisotopic (exact) mass is 325 g/mol. The smallest absolute Gasteiger partial charge is 0.264 e. The molecule has 1 heterocycles. The van der Waals surface area contributed by atoms with E-state index >= 15 is 0 Å². The van der Waals surface area contributed by atoms with Crippen molar-refractivity contribution >= 4 is 11.6 Å². The summed E-state index contributed by atoms with van der Waals surface area (Å²) in [6, 6.07) is 8.78. The Labute approximate surface area is 143 Å². The molecule has 0 aliphatic carbocycles. The average Bonchev–Trinajstić information content (AvgIpc) is 2.65. The van der Waals surface area contributed by atoms with Crippen LogP contribution in [0.25, 0.3) is 0 Å². The van der Waals surface area contributed by atoms with Crippen molar-refractivity contribution in [2.45, 2.75) is 39.2 Å². The predicted octanol–water partition coefficient (Wildman–Crippen LogP) is 2.71. The summed E-state index contributed by atoms with van der Waals surface area (Å²) >= 11 is 0. The lowest BCUT2D eigenvalue weighted by molar-refractivity contribution is -0.148. The molecule has 1 aliphatic rings. The highest BCUT2D eigenvalue weighted by Gasteiger charge is 2.32. The Bertz CT molecular complexity index is 660. The van der Waals surface area contributed by atoms with Gasteiger partial charge in [0.2, 0.25) is 0 Å². The Balaban J connectivity index is 2.22. The first-order chi connectivity index (χ1) is 11.6. The van der Waals surface area contributed by atoms with Crippen molar-refractivity contribution in [3.05, 3.63) is 29.8 Å². The number of anilines is 1. The maximum absolute atomic E-state index is 13.0. The molecule has 1 N–H and O–H groups in total. The number of hydrogen-bond donors (Lipinski definition) is 1. The van der Waals surface area contributed by atoms with E-state index in [0.717, 1.165) is 24.9 Å². The van der Waals surface area contributed by atoms with E-state index in [4.69, 9.17) is 5.26 Å². The van der Waals surface area contributed by atoms with Crippen LogP contribution in [0.3, 0.4) is 0 Å². The molecule has 2 atom stereocenters. The summed E-state index contributed by atoms with van der Waals surface area (Å²) in [5.74, 6) is 0.0127. The topological polar surface area (TPSA) is 83.2 Å². The molecule has 0 spiro atoms. The number of carbonyl (C=O) groups excluding carboxylic acids is 1. The molecular formula is C18H23N5O. The lowest BCUT2D eigenvalue weighted by Crippen LogP contribution is -2.54. The van der Waals surface area contributed by atoms with Gasteiger partial charge in [0.25, 0.3) is 5.91 Å². The van der Waals surface area contributed by atoms with Crippen molar-refractivity contribution in [2.24, 2.45) is 5.92 Å². The molecule has 1 aromatic carbocycles. The molecule has 1 fully saturated rings. The van der Waals surface area contributed by atoms with E-state index in [-0.39, 0.29) is 11.8 Å². The fourth-order valence-corrected chi connectivity index (χ4v) is 2.80. The molecule has 0 radical (unpaired) electrons. The largest absolute Gasteiger partial charge is 0.373 e. The van der Waals surface area contributed by atoms with Gasteiger partial charge in [-0.25, -0.2) is 10.0 Å². The van der Waals surface area contributed by atoms with E-state index in [1.165, 1.54) is 5.01 Å². The molecule has 2 rings (SSSR count). The first kappa shape index (κ1) is 17.6. The van der Waals surface area contributed by atoms with Gasteiger partial charge in [-0.05, 0) is 37.0 Å². The molecular weight excluding hydrogens is 302 g/mol. The minimum absolute atomic E-state index is 0.0899. The Morgan fingerprint density at radius 2 is 2.08 bits per heavy atom. The Hall–Kier alpha value is -2.73. The molecule has 6 nitrogen and oxygen atoms in total. The van der Waals surface area contributed by atoms with E-state index in [9.17, 15) is 10.1 Å². The second-order valence-corrected chi connectivity index (χ2v) is 6.09. The van der Waals surface area contributed by atoms with Crippen LogP contribution >= 0.6 is 0 Å². The number of benzene rings is 1. The SMILES string of the molecule is CCC(C)C(Nc1cccc(C#N)c1)C(=O)N1CCCCN1C#N. The van der Waals surface area contributed by atoms with Crippen molar-refractivity contribution in [3.63, 3.8) is 0 Å². The summed E-state index contributed by atoms with van der Waals surface area (Å²) in [7, 11) is 0. The van der Waals surface area contributed by atoms with Crippen molar-refractivity contribution in [1.29, 1.82) is 10.5 Å². The molecule has 1 saturated heterocycles. The quantitative estimate of drug-likeness (QED) is 0.842. The Morgan fingerprint density at radius 3 is 2.75 bits per heavy atom. The first-order valence-corrected chi connectivity index (χ1v) is 8.36. The zero-order valence-electron chi connectivity index (χ0n) is 14.2. The predicted molar refractivity (Wildman–Crippen MR) is 91.3 cm³/mol. The maximum atomic E-state index is 13.0. The highest BCUT2D eigenvalue weighted by molar-refractivity contribution is 5.85. The van der Waals surface area contributed by atoms with Crippen molar-refractivity contribution in [2.75, 3.05) is 18.4 Å². The van der Waals surface area contributed by atoms with E-state index < -0.39 is 6.04 Å². The van der Waals surface area contributed by atoms with Crippen LogP contribution in [0.5, 0.6) is 0 Å². The molecule has 2 unspecified atom stereocenters. The molecule has 1 amide bonds. The Kier molecular flexibility index (Phi) is 6.03. The number of carbonyl (C=O) groups is 1. The minimum Gasteiger partial charge on any atom is -0.373 e. The van der Waals surface area contributed by atoms with E-state index in [0.29, 0.717) is 18.7 Å². The standard InChI is InChI=1S/C18H23N5O/c1-3-14(2)17(21-16-8-6-7-15(11-16)12-19)18(24)23-10-5-4-9-22(23)13-20/h6-8,11,14,17,21H,3-5,9-10H2,1-2H3. The fourth-order valence-electron chi connectivity index (χ4n) is 2.80. The minimum atomic E-state index is -0.433. The first-order valence-electron chi connectivity index (χ1n) is 8.36. The average molecular weight is 325 g/mol. The fraction of sp³-hybridized carbons (Fsp3) is 0.500. The zero-order valence-corrected chi connectivity index (χ0v) is 14.2. The lowest BCUT2D eigenvalue weighted by Gasteiger charge is -2.38. The van der Waals surface area contributed by atoms with Gasteiger partial charge in [-0.2, -0.15) is 10.5 Å². The van der Waals surface area contributed by atoms with Crippen LogP contribution in [-0.4, -0.2) is 35.1 Å². The second-order valence-electron chi connectivity index (χ2n) is 6.09. The molecule has 6 heteroatoms. The molecule has 1 aliphatic heterocycles. The van der Waals surface area contributed by atoms with E-state index in [1.54, 1.807) is 23.2 Å². The summed E-state index contributed by atoms with van der Waals surface area (Å²) < 4.78 is 0. The summed E-state index contributed by atoms with van der Waals surface area (Å²) in [6.45, 7) is 5.21. The molecule has 126 valence electrons. The van der Waals surface area contributed by atoms with Crippen LogP contribution in [0.15, 0.2) is 24.3 Å². The number of hydrogen-bond acceptors (Lipinski definition) is 5. The van der Waals surface area contributed by atoms with Crippen LogP contribution in [0.1, 0.15) is 38.7 Å². The summed E-state index contributed by atoms with van der Waals surface area (Å²) in [5.41, 5.74) is 1.29. The van der Waals surface area contributed by atoms with Gasteiger partial charge < -0.3 is 5.32 Å². The van der Waals surface area contributed by atoms with Gasteiger partial charge in [0.15, 0.2) is 6.19 Å². The number of amides is 1. The van der Waals surface area contributed by atoms with Crippen molar-refractivity contribution in [3.8, 4) is 12.3 Å². The summed E-state index contributed by atoms with van der Waals surface area (Å²) in [4.78, 5) is 13.0.